The van der Waals surface area contributed by atoms with Crippen LogP contribution in [0.2, 0.25) is 0 Å². The number of anilines is 2. The lowest BCUT2D eigenvalue weighted by molar-refractivity contribution is 0.0950. The normalized spacial score (nSPS) is 16.2. The smallest absolute Gasteiger partial charge is 0.251 e. The number of methoxy groups -OCH3 is 1. The molecule has 0 saturated carbocycles. The third kappa shape index (κ3) is 4.90. The number of aromatic nitrogens is 3. The molecule has 1 aromatic carbocycles. The second-order valence-corrected chi connectivity index (χ2v) is 11.6. The lowest BCUT2D eigenvalue weighted by Crippen LogP contribution is -2.26. The Kier molecular flexibility index (Phi) is 6.61. The monoisotopic (exact) mass is 545 g/mol. The number of pyridine rings is 3. The number of rotatable bonds is 5. The van der Waals surface area contributed by atoms with Crippen LogP contribution in [0.1, 0.15) is 33.6 Å². The van der Waals surface area contributed by atoms with Gasteiger partial charge in [0.1, 0.15) is 11.6 Å². The minimum absolute atomic E-state index is 0.103. The van der Waals surface area contributed by atoms with Crippen molar-refractivity contribution in [3.63, 3.8) is 0 Å². The molecule has 1 amide bonds. The van der Waals surface area contributed by atoms with Gasteiger partial charge in [0.05, 0.1) is 66.8 Å². The molecule has 0 bridgehead atoms. The van der Waals surface area contributed by atoms with Crippen LogP contribution in [0.5, 0.6) is 5.75 Å². The molecular formula is C28H27N5O5S. The zero-order chi connectivity index (χ0) is 27.0. The van der Waals surface area contributed by atoms with Gasteiger partial charge in [-0.05, 0) is 48.7 Å². The number of nitrogens with one attached hydrogen (secondary N) is 1. The summed E-state index contributed by atoms with van der Waals surface area (Å²) in [5.74, 6) is 1.09. The van der Waals surface area contributed by atoms with Crippen LogP contribution in [0.4, 0.5) is 11.5 Å². The molecule has 1 N–H and O–H groups in total. The molecule has 0 radical (unpaired) electrons. The number of nitrogens with zero attached hydrogens (tertiary/aromatic N) is 4. The van der Waals surface area contributed by atoms with Gasteiger partial charge >= 0.3 is 0 Å². The van der Waals surface area contributed by atoms with Crippen molar-refractivity contribution in [1.82, 2.24) is 20.3 Å². The summed E-state index contributed by atoms with van der Waals surface area (Å²) in [6.07, 6.45) is 7.20. The van der Waals surface area contributed by atoms with E-state index in [-0.39, 0.29) is 41.9 Å². The summed E-state index contributed by atoms with van der Waals surface area (Å²) in [5.41, 5.74) is 4.34. The molecule has 0 atom stereocenters. The molecule has 2 aliphatic rings. The van der Waals surface area contributed by atoms with E-state index in [0.29, 0.717) is 11.3 Å². The van der Waals surface area contributed by atoms with Gasteiger partial charge in [-0.1, -0.05) is 6.07 Å². The first-order valence-electron chi connectivity index (χ1n) is 12.7. The van der Waals surface area contributed by atoms with Crippen LogP contribution >= 0.6 is 0 Å². The second kappa shape index (κ2) is 10.2. The van der Waals surface area contributed by atoms with Crippen molar-refractivity contribution in [2.24, 2.45) is 0 Å². The molecule has 0 fully saturated rings. The van der Waals surface area contributed by atoms with Gasteiger partial charge in [-0.25, -0.2) is 13.4 Å². The van der Waals surface area contributed by atoms with Crippen LogP contribution in [0.3, 0.4) is 0 Å². The van der Waals surface area contributed by atoms with E-state index in [0.717, 1.165) is 53.1 Å². The quantitative estimate of drug-likeness (QED) is 0.402. The van der Waals surface area contributed by atoms with Gasteiger partial charge in [-0.3, -0.25) is 14.8 Å². The molecule has 4 aromatic rings. The van der Waals surface area contributed by atoms with E-state index in [1.807, 2.05) is 24.4 Å². The van der Waals surface area contributed by atoms with Crippen LogP contribution in [0, 0.1) is 0 Å². The van der Waals surface area contributed by atoms with Crippen molar-refractivity contribution >= 4 is 38.2 Å². The number of benzene rings is 1. The third-order valence-corrected chi connectivity index (χ3v) is 8.81. The van der Waals surface area contributed by atoms with Crippen LogP contribution in [-0.4, -0.2) is 55.3 Å². The van der Waals surface area contributed by atoms with Gasteiger partial charge in [0.25, 0.3) is 5.91 Å². The molecular weight excluding hydrogens is 518 g/mol. The van der Waals surface area contributed by atoms with E-state index in [1.165, 1.54) is 6.07 Å². The molecule has 0 spiro atoms. The summed E-state index contributed by atoms with van der Waals surface area (Å²) < 4.78 is 36.0. The van der Waals surface area contributed by atoms with Crippen LogP contribution in [-0.2, 0) is 34.1 Å². The average molecular weight is 546 g/mol. The number of carbonyl (C=O) groups is 1. The molecule has 2 aliphatic heterocycles. The first-order valence-corrected chi connectivity index (χ1v) is 14.3. The van der Waals surface area contributed by atoms with E-state index < -0.39 is 9.84 Å². The summed E-state index contributed by atoms with van der Waals surface area (Å²) >= 11 is 0. The van der Waals surface area contributed by atoms with E-state index in [1.54, 1.807) is 31.6 Å². The molecule has 3 aromatic heterocycles. The maximum atomic E-state index is 12.9. The number of ether oxygens (including phenoxy) is 2. The molecule has 11 heteroatoms. The lowest BCUT2D eigenvalue weighted by atomic mass is 10.0. The zero-order valence-electron chi connectivity index (χ0n) is 21.4. The number of fused-ring (bicyclic) bond motifs is 3. The molecule has 200 valence electrons. The Morgan fingerprint density at radius 3 is 2.92 bits per heavy atom. The van der Waals surface area contributed by atoms with Crippen LogP contribution in [0.15, 0.2) is 59.9 Å². The fourth-order valence-corrected chi connectivity index (χ4v) is 6.41. The highest BCUT2D eigenvalue weighted by molar-refractivity contribution is 7.91. The average Bonchev–Trinajstić information content (AvgIpc) is 3.11. The Bertz CT molecular complexity index is 1690. The van der Waals surface area contributed by atoms with Gasteiger partial charge in [0.2, 0.25) is 0 Å². The van der Waals surface area contributed by atoms with Crippen molar-refractivity contribution in [2.75, 3.05) is 30.9 Å². The van der Waals surface area contributed by atoms with E-state index in [9.17, 15) is 13.2 Å². The number of amides is 1. The third-order valence-electron chi connectivity index (χ3n) is 7.05. The second-order valence-electron chi connectivity index (χ2n) is 9.51. The molecule has 39 heavy (non-hydrogen) atoms. The van der Waals surface area contributed by atoms with Crippen molar-refractivity contribution in [3.05, 3.63) is 77.4 Å². The maximum Gasteiger partial charge on any atom is 0.251 e. The van der Waals surface area contributed by atoms with Crippen molar-refractivity contribution in [3.8, 4) is 5.75 Å². The highest BCUT2D eigenvalue weighted by atomic mass is 32.2. The predicted octanol–water partition coefficient (Wildman–Crippen LogP) is 3.35. The van der Waals surface area contributed by atoms with Crippen molar-refractivity contribution in [2.45, 2.75) is 30.9 Å². The Morgan fingerprint density at radius 1 is 1.15 bits per heavy atom. The molecule has 10 nitrogen and oxygen atoms in total. The fourth-order valence-electron chi connectivity index (χ4n) is 5.02. The first kappa shape index (κ1) is 25.2. The number of hydrogen-bond acceptors (Lipinski definition) is 9. The Balaban J connectivity index is 1.22. The predicted molar refractivity (Wildman–Crippen MR) is 145 cm³/mol. The van der Waals surface area contributed by atoms with Gasteiger partial charge < -0.3 is 19.7 Å². The highest BCUT2D eigenvalue weighted by Crippen LogP contribution is 2.37. The SMILES string of the molecule is COc1cncc2c1CCCN2c1ccc2cnc(CNC(=O)c3ccc4c(c3)S(=O)(=O)CCOC4)cc2n1. The molecule has 0 saturated heterocycles. The largest absolute Gasteiger partial charge is 0.495 e. The van der Waals surface area contributed by atoms with E-state index in [4.69, 9.17) is 14.5 Å². The number of hydrogen-bond donors (Lipinski definition) is 1. The maximum absolute atomic E-state index is 12.9. The Hall–Kier alpha value is -4.09. The van der Waals surface area contributed by atoms with Crippen molar-refractivity contribution < 1.29 is 22.7 Å². The van der Waals surface area contributed by atoms with Gasteiger partial charge in [0, 0.05) is 29.3 Å². The fraction of sp³-hybridized carbons (Fsp3) is 0.286. The van der Waals surface area contributed by atoms with Crippen LogP contribution in [0.25, 0.3) is 10.9 Å². The van der Waals surface area contributed by atoms with Gasteiger partial charge in [0.15, 0.2) is 9.84 Å². The Morgan fingerprint density at radius 2 is 2.05 bits per heavy atom. The summed E-state index contributed by atoms with van der Waals surface area (Å²) in [6.45, 7) is 1.33. The molecule has 5 heterocycles. The summed E-state index contributed by atoms with van der Waals surface area (Å²) in [7, 11) is -1.85. The molecule has 0 unspecified atom stereocenters. The topological polar surface area (TPSA) is 124 Å². The standard InChI is InChI=1S/C28H27N5O5S/c1-37-25-16-29-15-24-22(25)3-2-8-33(24)27-7-6-19-13-30-21(12-23(19)32-27)14-31-28(34)18-4-5-20-17-38-9-10-39(35,36)26(20)11-18/h4-7,11-13,15-16H,2-3,8-10,14,17H2,1H3,(H,31,34). The van der Waals surface area contributed by atoms with Crippen LogP contribution < -0.4 is 15.0 Å². The molecule has 0 aliphatic carbocycles. The Labute approximate surface area is 225 Å². The summed E-state index contributed by atoms with van der Waals surface area (Å²) in [5, 5.41) is 3.73. The summed E-state index contributed by atoms with van der Waals surface area (Å²) in [6, 6.07) is 10.5. The van der Waals surface area contributed by atoms with Gasteiger partial charge in [-0.15, -0.1) is 0 Å². The minimum atomic E-state index is -3.50. The van der Waals surface area contributed by atoms with Crippen molar-refractivity contribution in [1.29, 1.82) is 0 Å². The molecule has 6 rings (SSSR count). The highest BCUT2D eigenvalue weighted by Gasteiger charge is 2.24. The first-order chi connectivity index (χ1) is 18.9. The lowest BCUT2D eigenvalue weighted by Gasteiger charge is -2.30. The van der Waals surface area contributed by atoms with E-state index >= 15 is 0 Å². The zero-order valence-corrected chi connectivity index (χ0v) is 22.2. The summed E-state index contributed by atoms with van der Waals surface area (Å²) in [4.78, 5) is 28.9. The van der Waals surface area contributed by atoms with E-state index in [2.05, 4.69) is 20.2 Å². The minimum Gasteiger partial charge on any atom is -0.495 e. The number of carbonyl (C=O) groups excluding carboxylic acids is 1. The van der Waals surface area contributed by atoms with Gasteiger partial charge in [-0.2, -0.15) is 0 Å². The number of sulfone groups is 1.